The van der Waals surface area contributed by atoms with E-state index in [-0.39, 0.29) is 0 Å². The van der Waals surface area contributed by atoms with Crippen molar-refractivity contribution in [2.24, 2.45) is 10.4 Å². The molecule has 0 radical (unpaired) electrons. The van der Waals surface area contributed by atoms with Gasteiger partial charge in [-0.3, -0.25) is 4.99 Å². The summed E-state index contributed by atoms with van der Waals surface area (Å²) in [5.74, 6) is 1.07. The summed E-state index contributed by atoms with van der Waals surface area (Å²) in [5.41, 5.74) is 0.388. The van der Waals surface area contributed by atoms with Crippen molar-refractivity contribution < 1.29 is 9.47 Å². The standard InChI is InChI=1S/C17H33N3O2/c1-3-5-11-21-12-6-9-19-16(18-4-2)20-10-7-17(14-20)8-13-22-15-17/h3-15H2,1-2H3,(H,18,19). The van der Waals surface area contributed by atoms with E-state index in [1.54, 1.807) is 0 Å². The van der Waals surface area contributed by atoms with Crippen LogP contribution in [0.3, 0.4) is 0 Å². The highest BCUT2D eigenvalue weighted by atomic mass is 16.5. The minimum absolute atomic E-state index is 0.388. The number of hydrogen-bond donors (Lipinski definition) is 1. The molecule has 0 aromatic heterocycles. The van der Waals surface area contributed by atoms with E-state index in [1.807, 2.05) is 0 Å². The van der Waals surface area contributed by atoms with E-state index in [9.17, 15) is 0 Å². The highest BCUT2D eigenvalue weighted by molar-refractivity contribution is 5.80. The molecule has 2 fully saturated rings. The highest BCUT2D eigenvalue weighted by Crippen LogP contribution is 2.38. The molecule has 0 aliphatic carbocycles. The van der Waals surface area contributed by atoms with E-state index >= 15 is 0 Å². The summed E-state index contributed by atoms with van der Waals surface area (Å²) >= 11 is 0. The Labute approximate surface area is 135 Å². The molecule has 2 heterocycles. The van der Waals surface area contributed by atoms with Gasteiger partial charge >= 0.3 is 0 Å². The second-order valence-corrected chi connectivity index (χ2v) is 6.53. The lowest BCUT2D eigenvalue weighted by Gasteiger charge is -2.25. The molecule has 0 aromatic rings. The van der Waals surface area contributed by atoms with E-state index in [0.29, 0.717) is 5.41 Å². The third-order valence-corrected chi connectivity index (χ3v) is 4.61. The lowest BCUT2D eigenvalue weighted by Crippen LogP contribution is -2.41. The number of nitrogens with zero attached hydrogens (tertiary/aromatic N) is 2. The molecule has 2 aliphatic rings. The molecule has 5 nitrogen and oxygen atoms in total. The van der Waals surface area contributed by atoms with Crippen LogP contribution >= 0.6 is 0 Å². The maximum atomic E-state index is 5.61. The van der Waals surface area contributed by atoms with E-state index in [2.05, 4.69) is 24.1 Å². The second kappa shape index (κ2) is 9.36. The number of aliphatic imine (C=N–C) groups is 1. The summed E-state index contributed by atoms with van der Waals surface area (Å²) in [6.45, 7) is 11.8. The zero-order chi connectivity index (χ0) is 15.7. The number of rotatable bonds is 8. The van der Waals surface area contributed by atoms with Gasteiger partial charge in [-0.25, -0.2) is 0 Å². The number of hydrogen-bond acceptors (Lipinski definition) is 3. The van der Waals surface area contributed by atoms with Gasteiger partial charge in [-0.2, -0.15) is 0 Å². The van der Waals surface area contributed by atoms with E-state index in [0.717, 1.165) is 71.4 Å². The quantitative estimate of drug-likeness (QED) is 0.424. The van der Waals surface area contributed by atoms with Gasteiger partial charge in [0.05, 0.1) is 6.61 Å². The Morgan fingerprint density at radius 2 is 2.14 bits per heavy atom. The number of ether oxygens (including phenoxy) is 2. The van der Waals surface area contributed by atoms with Crippen molar-refractivity contribution >= 4 is 5.96 Å². The first-order valence-electron chi connectivity index (χ1n) is 8.98. The Morgan fingerprint density at radius 1 is 1.27 bits per heavy atom. The minimum Gasteiger partial charge on any atom is -0.381 e. The van der Waals surface area contributed by atoms with Crippen LogP contribution in [0.25, 0.3) is 0 Å². The predicted molar refractivity (Wildman–Crippen MR) is 90.4 cm³/mol. The van der Waals surface area contributed by atoms with Gasteiger partial charge in [0.15, 0.2) is 5.96 Å². The molecule has 2 saturated heterocycles. The third kappa shape index (κ3) is 5.13. The molecule has 2 aliphatic heterocycles. The average Bonchev–Trinajstić information content (AvgIpc) is 3.16. The SMILES string of the molecule is CCCCOCCCN=C(NCC)N1CCC2(CCOC2)C1. The largest absolute Gasteiger partial charge is 0.381 e. The molecule has 0 bridgehead atoms. The van der Waals surface area contributed by atoms with Crippen LogP contribution in [-0.4, -0.2) is 63.5 Å². The van der Waals surface area contributed by atoms with Crippen LogP contribution in [0.1, 0.15) is 46.0 Å². The number of guanidine groups is 1. The van der Waals surface area contributed by atoms with E-state index in [1.165, 1.54) is 19.3 Å². The number of likely N-dealkylation sites (tertiary alicyclic amines) is 1. The van der Waals surface area contributed by atoms with Crippen molar-refractivity contribution in [3.05, 3.63) is 0 Å². The highest BCUT2D eigenvalue weighted by Gasteiger charge is 2.42. The summed E-state index contributed by atoms with van der Waals surface area (Å²) in [5, 5.41) is 3.44. The van der Waals surface area contributed by atoms with Crippen LogP contribution < -0.4 is 5.32 Å². The lowest BCUT2D eigenvalue weighted by atomic mass is 9.87. The normalized spacial score (nSPS) is 25.4. The first kappa shape index (κ1) is 17.5. The Bertz CT molecular complexity index is 341. The van der Waals surface area contributed by atoms with Crippen LogP contribution in [0.4, 0.5) is 0 Å². The van der Waals surface area contributed by atoms with Crippen molar-refractivity contribution in [1.29, 1.82) is 0 Å². The zero-order valence-electron chi connectivity index (χ0n) is 14.4. The fourth-order valence-electron chi connectivity index (χ4n) is 3.21. The van der Waals surface area contributed by atoms with Crippen molar-refractivity contribution in [3.8, 4) is 0 Å². The lowest BCUT2D eigenvalue weighted by molar-refractivity contribution is 0.130. The predicted octanol–water partition coefficient (Wildman–Crippen LogP) is 2.27. The van der Waals surface area contributed by atoms with Crippen LogP contribution in [-0.2, 0) is 9.47 Å². The van der Waals surface area contributed by atoms with Gasteiger partial charge in [-0.05, 0) is 32.6 Å². The fraction of sp³-hybridized carbons (Fsp3) is 0.941. The molecule has 0 amide bonds. The number of nitrogens with one attached hydrogen (secondary N) is 1. The minimum atomic E-state index is 0.388. The first-order chi connectivity index (χ1) is 10.8. The molecule has 1 N–H and O–H groups in total. The fourth-order valence-corrected chi connectivity index (χ4v) is 3.21. The molecule has 22 heavy (non-hydrogen) atoms. The maximum absolute atomic E-state index is 5.61. The summed E-state index contributed by atoms with van der Waals surface area (Å²) in [4.78, 5) is 7.19. The van der Waals surface area contributed by atoms with Gasteiger partial charge < -0.3 is 19.7 Å². The average molecular weight is 311 g/mol. The van der Waals surface area contributed by atoms with Crippen LogP contribution in [0.5, 0.6) is 0 Å². The van der Waals surface area contributed by atoms with E-state index < -0.39 is 0 Å². The first-order valence-corrected chi connectivity index (χ1v) is 8.98. The molecule has 128 valence electrons. The topological polar surface area (TPSA) is 46.1 Å². The van der Waals surface area contributed by atoms with E-state index in [4.69, 9.17) is 14.5 Å². The van der Waals surface area contributed by atoms with Gasteiger partial charge in [0, 0.05) is 51.4 Å². The summed E-state index contributed by atoms with van der Waals surface area (Å²) < 4.78 is 11.2. The van der Waals surface area contributed by atoms with Crippen molar-refractivity contribution in [3.63, 3.8) is 0 Å². The molecule has 2 rings (SSSR count). The Morgan fingerprint density at radius 3 is 2.86 bits per heavy atom. The monoisotopic (exact) mass is 311 g/mol. The smallest absolute Gasteiger partial charge is 0.193 e. The van der Waals surface area contributed by atoms with Crippen LogP contribution in [0.2, 0.25) is 0 Å². The molecule has 5 heteroatoms. The van der Waals surface area contributed by atoms with Crippen molar-refractivity contribution in [2.45, 2.75) is 46.0 Å². The number of unbranched alkanes of at least 4 members (excludes halogenated alkanes) is 1. The second-order valence-electron chi connectivity index (χ2n) is 6.53. The molecule has 1 spiro atoms. The third-order valence-electron chi connectivity index (χ3n) is 4.61. The molecule has 1 unspecified atom stereocenters. The summed E-state index contributed by atoms with van der Waals surface area (Å²) in [6, 6.07) is 0. The Kier molecular flexibility index (Phi) is 7.46. The Hall–Kier alpha value is -0.810. The zero-order valence-corrected chi connectivity index (χ0v) is 14.4. The van der Waals surface area contributed by atoms with Crippen molar-refractivity contribution in [2.75, 3.05) is 52.6 Å². The summed E-state index contributed by atoms with van der Waals surface area (Å²) in [6.07, 6.45) is 5.79. The maximum Gasteiger partial charge on any atom is 0.193 e. The molecular weight excluding hydrogens is 278 g/mol. The van der Waals surface area contributed by atoms with Gasteiger partial charge in [0.25, 0.3) is 0 Å². The Balaban J connectivity index is 1.73. The van der Waals surface area contributed by atoms with Gasteiger partial charge in [-0.1, -0.05) is 13.3 Å². The molecule has 0 saturated carbocycles. The van der Waals surface area contributed by atoms with Gasteiger partial charge in [0.1, 0.15) is 0 Å². The van der Waals surface area contributed by atoms with Crippen molar-refractivity contribution in [1.82, 2.24) is 10.2 Å². The molecule has 1 atom stereocenters. The molecular formula is C17H33N3O2. The summed E-state index contributed by atoms with van der Waals surface area (Å²) in [7, 11) is 0. The molecule has 0 aromatic carbocycles. The van der Waals surface area contributed by atoms with Crippen LogP contribution in [0, 0.1) is 5.41 Å². The van der Waals surface area contributed by atoms with Gasteiger partial charge in [-0.15, -0.1) is 0 Å². The van der Waals surface area contributed by atoms with Gasteiger partial charge in [0.2, 0.25) is 0 Å². The van der Waals surface area contributed by atoms with Crippen LogP contribution in [0.15, 0.2) is 4.99 Å².